The van der Waals surface area contributed by atoms with Gasteiger partial charge in [-0.3, -0.25) is 0 Å². The molecule has 1 heterocycles. The zero-order valence-corrected chi connectivity index (χ0v) is 19.1. The summed E-state index contributed by atoms with van der Waals surface area (Å²) in [6.07, 6.45) is 5.89. The molecule has 0 aliphatic heterocycles. The van der Waals surface area contributed by atoms with Crippen LogP contribution in [0.25, 0.3) is 5.57 Å². The van der Waals surface area contributed by atoms with Gasteiger partial charge >= 0.3 is 0 Å². The van der Waals surface area contributed by atoms with Crippen LogP contribution in [0.15, 0.2) is 46.5 Å². The number of imidazole rings is 1. The molecule has 2 aliphatic rings. The average Bonchev–Trinajstić information content (AvgIpc) is 3.24. The summed E-state index contributed by atoms with van der Waals surface area (Å²) in [5.41, 5.74) is 3.28. The highest BCUT2D eigenvalue weighted by atomic mass is 32.2. The molecule has 3 N–H and O–H groups in total. The standard InChI is InChI=1S/C21H29FN4O2S2/c1-5-13(3)19-20(24-4)26(9-10-30(23,27)28)21(25-19)29-18-12-16-15(7-8-17(16)22)11-14(18)6-2/h5,12,14,17,24H,1,3,6-11H2,2,4H3,(H2,23,27,28). The number of nitrogens with zero attached hydrogens (tertiary/aromatic N) is 2. The van der Waals surface area contributed by atoms with Crippen molar-refractivity contribution in [1.29, 1.82) is 0 Å². The maximum Gasteiger partial charge on any atom is 0.210 e. The second-order valence-corrected chi connectivity index (χ2v) is 10.4. The van der Waals surface area contributed by atoms with Crippen LogP contribution in [0.5, 0.6) is 0 Å². The molecule has 164 valence electrons. The van der Waals surface area contributed by atoms with E-state index in [4.69, 9.17) is 10.1 Å². The summed E-state index contributed by atoms with van der Waals surface area (Å²) in [6.45, 7) is 10.0. The summed E-state index contributed by atoms with van der Waals surface area (Å²) in [4.78, 5) is 5.78. The Bertz CT molecular complexity index is 1020. The molecule has 0 fully saturated rings. The number of thioether (sulfide) groups is 1. The minimum atomic E-state index is -3.65. The first-order chi connectivity index (χ1) is 14.2. The maximum absolute atomic E-state index is 14.4. The maximum atomic E-state index is 14.4. The number of nitrogens with two attached hydrogens (primary N) is 1. The molecule has 0 amide bonds. The second-order valence-electron chi connectivity index (χ2n) is 7.61. The molecule has 1 aromatic heterocycles. The van der Waals surface area contributed by atoms with E-state index in [0.717, 1.165) is 29.7 Å². The van der Waals surface area contributed by atoms with Crippen molar-refractivity contribution in [3.8, 4) is 0 Å². The summed E-state index contributed by atoms with van der Waals surface area (Å²) in [6, 6.07) is 0. The van der Waals surface area contributed by atoms with Crippen molar-refractivity contribution >= 4 is 33.2 Å². The number of hydrogen-bond donors (Lipinski definition) is 2. The highest BCUT2D eigenvalue weighted by molar-refractivity contribution is 8.03. The van der Waals surface area contributed by atoms with Gasteiger partial charge in [0.05, 0.1) is 5.75 Å². The first-order valence-electron chi connectivity index (χ1n) is 10.0. The van der Waals surface area contributed by atoms with E-state index in [9.17, 15) is 12.8 Å². The van der Waals surface area contributed by atoms with E-state index in [0.29, 0.717) is 34.6 Å². The number of halogens is 1. The van der Waals surface area contributed by atoms with E-state index < -0.39 is 16.2 Å². The van der Waals surface area contributed by atoms with Gasteiger partial charge in [-0.25, -0.2) is 22.9 Å². The summed E-state index contributed by atoms with van der Waals surface area (Å²) in [5, 5.41) is 8.96. The second kappa shape index (κ2) is 9.11. The summed E-state index contributed by atoms with van der Waals surface area (Å²) >= 11 is 1.46. The third-order valence-corrected chi connectivity index (χ3v) is 7.59. The minimum absolute atomic E-state index is 0.151. The number of sulfonamides is 1. The zero-order chi connectivity index (χ0) is 22.1. The molecule has 0 bridgehead atoms. The van der Waals surface area contributed by atoms with Crippen LogP contribution in [-0.4, -0.2) is 36.9 Å². The number of alkyl halides is 1. The quantitative estimate of drug-likeness (QED) is 0.547. The van der Waals surface area contributed by atoms with Crippen LogP contribution in [0.4, 0.5) is 10.2 Å². The Morgan fingerprint density at radius 3 is 2.87 bits per heavy atom. The summed E-state index contributed by atoms with van der Waals surface area (Å²) in [7, 11) is -1.90. The van der Waals surface area contributed by atoms with Crippen molar-refractivity contribution in [1.82, 2.24) is 9.55 Å². The van der Waals surface area contributed by atoms with Crippen LogP contribution in [0.2, 0.25) is 0 Å². The third kappa shape index (κ3) is 4.73. The van der Waals surface area contributed by atoms with Crippen molar-refractivity contribution in [2.45, 2.75) is 50.5 Å². The number of anilines is 1. The Hall–Kier alpha value is -1.84. The van der Waals surface area contributed by atoms with Crippen LogP contribution in [-0.2, 0) is 16.6 Å². The first-order valence-corrected chi connectivity index (χ1v) is 12.6. The Morgan fingerprint density at radius 1 is 1.53 bits per heavy atom. The van der Waals surface area contributed by atoms with E-state index in [1.807, 2.05) is 6.08 Å². The zero-order valence-electron chi connectivity index (χ0n) is 17.4. The van der Waals surface area contributed by atoms with E-state index >= 15 is 0 Å². The molecule has 0 aromatic carbocycles. The lowest BCUT2D eigenvalue weighted by Gasteiger charge is -2.24. The molecule has 6 nitrogen and oxygen atoms in total. The van der Waals surface area contributed by atoms with Gasteiger partial charge in [0.2, 0.25) is 10.0 Å². The molecule has 0 spiro atoms. The van der Waals surface area contributed by atoms with Gasteiger partial charge in [-0.1, -0.05) is 43.5 Å². The van der Waals surface area contributed by atoms with E-state index in [-0.39, 0.29) is 12.3 Å². The van der Waals surface area contributed by atoms with Crippen LogP contribution >= 0.6 is 11.8 Å². The van der Waals surface area contributed by atoms with Gasteiger partial charge in [0.15, 0.2) is 5.16 Å². The van der Waals surface area contributed by atoms with Crippen LogP contribution in [0.1, 0.15) is 38.3 Å². The van der Waals surface area contributed by atoms with Gasteiger partial charge in [-0.15, -0.1) is 0 Å². The van der Waals surface area contributed by atoms with Gasteiger partial charge in [0.1, 0.15) is 17.7 Å². The molecule has 30 heavy (non-hydrogen) atoms. The Balaban J connectivity index is 2.03. The fourth-order valence-electron chi connectivity index (χ4n) is 3.98. The predicted molar refractivity (Wildman–Crippen MR) is 122 cm³/mol. The number of primary sulfonamides is 1. The largest absolute Gasteiger partial charge is 0.373 e. The topological polar surface area (TPSA) is 90.0 Å². The Morgan fingerprint density at radius 2 is 2.27 bits per heavy atom. The van der Waals surface area contributed by atoms with Gasteiger partial charge in [-0.05, 0) is 53.7 Å². The molecular formula is C21H29FN4O2S2. The van der Waals surface area contributed by atoms with Crippen LogP contribution in [0.3, 0.4) is 0 Å². The molecule has 0 saturated carbocycles. The third-order valence-electron chi connectivity index (χ3n) is 5.66. The highest BCUT2D eigenvalue weighted by Crippen LogP contribution is 2.46. The number of rotatable bonds is 9. The molecule has 9 heteroatoms. The van der Waals surface area contributed by atoms with Crippen LogP contribution < -0.4 is 10.5 Å². The fraction of sp³-hybridized carbons (Fsp3) is 0.476. The molecule has 1 aromatic rings. The van der Waals surface area contributed by atoms with Crippen molar-refractivity contribution in [3.05, 3.63) is 47.1 Å². The molecule has 0 saturated heterocycles. The monoisotopic (exact) mass is 452 g/mol. The number of allylic oxidation sites excluding steroid dienone is 6. The minimum Gasteiger partial charge on any atom is -0.373 e. The van der Waals surface area contributed by atoms with E-state index in [2.05, 4.69) is 25.4 Å². The fourth-order valence-corrected chi connectivity index (χ4v) is 5.66. The summed E-state index contributed by atoms with van der Waals surface area (Å²) in [5.74, 6) is 0.732. The normalized spacial score (nSPS) is 21.4. The van der Waals surface area contributed by atoms with Crippen molar-refractivity contribution in [2.75, 3.05) is 18.1 Å². The van der Waals surface area contributed by atoms with Crippen molar-refractivity contribution in [3.63, 3.8) is 0 Å². The predicted octanol–water partition coefficient (Wildman–Crippen LogP) is 4.25. The molecule has 2 atom stereocenters. The highest BCUT2D eigenvalue weighted by Gasteiger charge is 2.32. The average molecular weight is 453 g/mol. The number of nitrogens with one attached hydrogen (secondary N) is 1. The molecule has 2 unspecified atom stereocenters. The Kier molecular flexibility index (Phi) is 6.94. The number of hydrogen-bond acceptors (Lipinski definition) is 5. The van der Waals surface area contributed by atoms with Crippen molar-refractivity contribution < 1.29 is 12.8 Å². The van der Waals surface area contributed by atoms with Gasteiger partial charge in [0, 0.05) is 13.6 Å². The molecule has 2 aliphatic carbocycles. The summed E-state index contributed by atoms with van der Waals surface area (Å²) < 4.78 is 39.3. The van der Waals surface area contributed by atoms with E-state index in [1.165, 1.54) is 17.3 Å². The van der Waals surface area contributed by atoms with Crippen LogP contribution in [0, 0.1) is 5.92 Å². The van der Waals surface area contributed by atoms with Crippen molar-refractivity contribution in [2.24, 2.45) is 11.1 Å². The van der Waals surface area contributed by atoms with Gasteiger partial charge in [-0.2, -0.15) is 0 Å². The molecule has 0 radical (unpaired) electrons. The lowest BCUT2D eigenvalue weighted by atomic mass is 9.89. The van der Waals surface area contributed by atoms with E-state index in [1.54, 1.807) is 17.7 Å². The molecule has 3 rings (SSSR count). The lowest BCUT2D eigenvalue weighted by molar-refractivity contribution is 0.384. The molecular weight excluding hydrogens is 423 g/mol. The lowest BCUT2D eigenvalue weighted by Crippen LogP contribution is -2.21. The smallest absolute Gasteiger partial charge is 0.210 e. The van der Waals surface area contributed by atoms with Gasteiger partial charge < -0.3 is 9.88 Å². The SMILES string of the molecule is C=CC(=C)c1nc(SC2=CC3=C(CCC3F)CC2CC)n(CCS(N)(=O)=O)c1NC. The van der Waals surface area contributed by atoms with Gasteiger partial charge in [0.25, 0.3) is 0 Å². The Labute approximate surface area is 182 Å². The first kappa shape index (κ1) is 22.8. The number of aromatic nitrogens is 2.